The summed E-state index contributed by atoms with van der Waals surface area (Å²) in [5.74, 6) is -1.68. The molecule has 2 aromatic carbocycles. The Kier molecular flexibility index (Phi) is 4.77. The standard InChI is InChI=1S/C16H12N2O4/c19-10-14(15(20)11-6-2-1-3-7-11)18-17-13-9-5-4-8-12(13)16(21)22/h1-10,17H,(H,21,22)/b18-14+. The van der Waals surface area contributed by atoms with Gasteiger partial charge < -0.3 is 5.11 Å². The van der Waals surface area contributed by atoms with Crippen LogP contribution in [0.4, 0.5) is 5.69 Å². The molecule has 0 atom stereocenters. The van der Waals surface area contributed by atoms with Gasteiger partial charge in [-0.1, -0.05) is 42.5 Å². The number of ketones is 1. The molecule has 0 aromatic heterocycles. The highest BCUT2D eigenvalue weighted by atomic mass is 16.4. The number of rotatable bonds is 6. The summed E-state index contributed by atoms with van der Waals surface area (Å²) in [6, 6.07) is 14.3. The van der Waals surface area contributed by atoms with E-state index in [1.54, 1.807) is 42.5 Å². The van der Waals surface area contributed by atoms with E-state index in [-0.39, 0.29) is 17.0 Å². The number of nitrogens with zero attached hydrogens (tertiary/aromatic N) is 1. The van der Waals surface area contributed by atoms with Crippen molar-refractivity contribution >= 4 is 29.4 Å². The number of carbonyl (C=O) groups is 3. The molecule has 2 N–H and O–H groups in total. The first-order chi connectivity index (χ1) is 10.6. The fourth-order valence-electron chi connectivity index (χ4n) is 1.76. The van der Waals surface area contributed by atoms with E-state index in [0.717, 1.165) is 0 Å². The summed E-state index contributed by atoms with van der Waals surface area (Å²) in [7, 11) is 0. The van der Waals surface area contributed by atoms with Gasteiger partial charge >= 0.3 is 5.97 Å². The van der Waals surface area contributed by atoms with Crippen molar-refractivity contribution in [3.63, 3.8) is 0 Å². The molecule has 0 spiro atoms. The molecule has 6 heteroatoms. The van der Waals surface area contributed by atoms with Crippen LogP contribution < -0.4 is 5.43 Å². The number of anilines is 1. The highest BCUT2D eigenvalue weighted by Crippen LogP contribution is 2.14. The van der Waals surface area contributed by atoms with Crippen LogP contribution >= 0.6 is 0 Å². The number of benzene rings is 2. The van der Waals surface area contributed by atoms with E-state index in [1.165, 1.54) is 12.1 Å². The first kappa shape index (κ1) is 15.1. The van der Waals surface area contributed by atoms with Crippen LogP contribution in [0.25, 0.3) is 0 Å². The van der Waals surface area contributed by atoms with Gasteiger partial charge in [-0.05, 0) is 12.1 Å². The van der Waals surface area contributed by atoms with Gasteiger partial charge in [0, 0.05) is 5.56 Å². The van der Waals surface area contributed by atoms with Crippen molar-refractivity contribution in [2.24, 2.45) is 5.10 Å². The van der Waals surface area contributed by atoms with Gasteiger partial charge in [-0.15, -0.1) is 0 Å². The number of carboxylic acid groups (broad SMARTS) is 1. The Balaban J connectivity index is 2.26. The second-order valence-electron chi connectivity index (χ2n) is 4.27. The van der Waals surface area contributed by atoms with Crippen molar-refractivity contribution in [1.82, 2.24) is 0 Å². The molecular weight excluding hydrogens is 284 g/mol. The second-order valence-corrected chi connectivity index (χ2v) is 4.27. The Morgan fingerprint density at radius 3 is 2.27 bits per heavy atom. The smallest absolute Gasteiger partial charge is 0.337 e. The molecule has 2 rings (SSSR count). The molecule has 0 unspecified atom stereocenters. The Hall–Kier alpha value is -3.28. The van der Waals surface area contributed by atoms with Crippen LogP contribution in [0.5, 0.6) is 0 Å². The molecular formula is C16H12N2O4. The van der Waals surface area contributed by atoms with E-state index in [0.29, 0.717) is 11.8 Å². The molecule has 0 heterocycles. The van der Waals surface area contributed by atoms with Gasteiger partial charge in [0.05, 0.1) is 11.3 Å². The maximum atomic E-state index is 12.1. The first-order valence-corrected chi connectivity index (χ1v) is 6.34. The van der Waals surface area contributed by atoms with Crippen LogP contribution in [0, 0.1) is 0 Å². The van der Waals surface area contributed by atoms with Gasteiger partial charge in [-0.3, -0.25) is 15.0 Å². The van der Waals surface area contributed by atoms with Crippen LogP contribution in [0.3, 0.4) is 0 Å². The van der Waals surface area contributed by atoms with Gasteiger partial charge in [0.1, 0.15) is 0 Å². The molecule has 0 fully saturated rings. The van der Waals surface area contributed by atoms with Crippen LogP contribution in [0.2, 0.25) is 0 Å². The van der Waals surface area contributed by atoms with Gasteiger partial charge in [0.2, 0.25) is 5.78 Å². The van der Waals surface area contributed by atoms with E-state index < -0.39 is 11.8 Å². The predicted molar refractivity (Wildman–Crippen MR) is 81.3 cm³/mol. The summed E-state index contributed by atoms with van der Waals surface area (Å²) < 4.78 is 0. The molecule has 110 valence electrons. The quantitative estimate of drug-likeness (QED) is 0.280. The minimum Gasteiger partial charge on any atom is -0.478 e. The zero-order valence-corrected chi connectivity index (χ0v) is 11.4. The zero-order valence-electron chi connectivity index (χ0n) is 11.4. The lowest BCUT2D eigenvalue weighted by molar-refractivity contribution is -0.102. The maximum absolute atomic E-state index is 12.1. The molecule has 0 saturated carbocycles. The number of hydrogen-bond donors (Lipinski definition) is 2. The van der Waals surface area contributed by atoms with Crippen LogP contribution in [0.15, 0.2) is 59.7 Å². The highest BCUT2D eigenvalue weighted by Gasteiger charge is 2.14. The number of nitrogens with one attached hydrogen (secondary N) is 1. The average Bonchev–Trinajstić information content (AvgIpc) is 2.56. The van der Waals surface area contributed by atoms with E-state index in [2.05, 4.69) is 10.5 Å². The summed E-state index contributed by atoms with van der Waals surface area (Å²) in [5.41, 5.74) is 2.61. The van der Waals surface area contributed by atoms with E-state index in [9.17, 15) is 14.4 Å². The van der Waals surface area contributed by atoms with Crippen molar-refractivity contribution in [3.8, 4) is 0 Å². The summed E-state index contributed by atoms with van der Waals surface area (Å²) in [6.07, 6.45) is 0.325. The Morgan fingerprint density at radius 2 is 1.64 bits per heavy atom. The summed E-state index contributed by atoms with van der Waals surface area (Å²) >= 11 is 0. The Labute approximate surface area is 126 Å². The third-order valence-corrected chi connectivity index (χ3v) is 2.83. The number of hydrazone groups is 1. The highest BCUT2D eigenvalue weighted by molar-refractivity contribution is 6.63. The number of carbonyl (C=O) groups excluding carboxylic acids is 2. The van der Waals surface area contributed by atoms with E-state index >= 15 is 0 Å². The Morgan fingerprint density at radius 1 is 1.00 bits per heavy atom. The zero-order chi connectivity index (χ0) is 15.9. The van der Waals surface area contributed by atoms with E-state index in [4.69, 9.17) is 5.11 Å². The first-order valence-electron chi connectivity index (χ1n) is 6.34. The number of aldehydes is 1. The largest absolute Gasteiger partial charge is 0.478 e. The van der Waals surface area contributed by atoms with Crippen molar-refractivity contribution in [3.05, 3.63) is 65.7 Å². The molecule has 0 aliphatic heterocycles. The van der Waals surface area contributed by atoms with Crippen LogP contribution in [-0.4, -0.2) is 28.9 Å². The summed E-state index contributed by atoms with van der Waals surface area (Å²) in [5, 5.41) is 12.8. The van der Waals surface area contributed by atoms with Gasteiger partial charge in [0.15, 0.2) is 12.0 Å². The lowest BCUT2D eigenvalue weighted by Crippen LogP contribution is -2.17. The van der Waals surface area contributed by atoms with Crippen molar-refractivity contribution < 1.29 is 19.5 Å². The van der Waals surface area contributed by atoms with E-state index in [1.807, 2.05) is 0 Å². The second kappa shape index (κ2) is 6.94. The normalized spacial score (nSPS) is 10.8. The van der Waals surface area contributed by atoms with Gasteiger partial charge in [-0.25, -0.2) is 4.79 Å². The number of para-hydroxylation sites is 1. The van der Waals surface area contributed by atoms with Gasteiger partial charge in [0.25, 0.3) is 0 Å². The fourth-order valence-corrected chi connectivity index (χ4v) is 1.76. The van der Waals surface area contributed by atoms with Crippen molar-refractivity contribution in [2.45, 2.75) is 0 Å². The maximum Gasteiger partial charge on any atom is 0.337 e. The number of Topliss-reactive ketones (excluding diaryl/α,β-unsaturated/α-hetero) is 1. The average molecular weight is 296 g/mol. The third-order valence-electron chi connectivity index (χ3n) is 2.83. The van der Waals surface area contributed by atoms with Crippen molar-refractivity contribution in [1.29, 1.82) is 0 Å². The molecule has 0 radical (unpaired) electrons. The molecule has 0 amide bonds. The SMILES string of the molecule is O=C/C(=N\Nc1ccccc1C(=O)O)C(=O)c1ccccc1. The molecule has 0 saturated heterocycles. The molecule has 2 aromatic rings. The Bertz CT molecular complexity index is 739. The minimum absolute atomic E-state index is 0.0105. The molecule has 0 bridgehead atoms. The van der Waals surface area contributed by atoms with Crippen LogP contribution in [0.1, 0.15) is 20.7 Å². The fraction of sp³-hybridized carbons (Fsp3) is 0. The molecule has 0 aliphatic carbocycles. The lowest BCUT2D eigenvalue weighted by Gasteiger charge is -2.05. The lowest BCUT2D eigenvalue weighted by atomic mass is 10.1. The number of aromatic carboxylic acids is 1. The number of carboxylic acids is 1. The number of hydrogen-bond acceptors (Lipinski definition) is 5. The molecule has 22 heavy (non-hydrogen) atoms. The van der Waals surface area contributed by atoms with Gasteiger partial charge in [-0.2, -0.15) is 5.10 Å². The summed E-state index contributed by atoms with van der Waals surface area (Å²) in [6.45, 7) is 0. The molecule has 0 aliphatic rings. The predicted octanol–water partition coefficient (Wildman–Crippen LogP) is 2.23. The monoisotopic (exact) mass is 296 g/mol. The summed E-state index contributed by atoms with van der Waals surface area (Å²) in [4.78, 5) is 34.2. The minimum atomic E-state index is -1.14. The van der Waals surface area contributed by atoms with Crippen LogP contribution in [-0.2, 0) is 4.79 Å². The molecule has 6 nitrogen and oxygen atoms in total. The van der Waals surface area contributed by atoms with Crippen molar-refractivity contribution in [2.75, 3.05) is 5.43 Å². The third kappa shape index (κ3) is 3.43. The topological polar surface area (TPSA) is 95.8 Å².